The maximum Gasteiger partial charge on any atom is 0.537 e. The van der Waals surface area contributed by atoms with Crippen LogP contribution in [0.3, 0.4) is 0 Å². The van der Waals surface area contributed by atoms with Crippen molar-refractivity contribution in [2.24, 2.45) is 0 Å². The van der Waals surface area contributed by atoms with E-state index < -0.39 is 12.1 Å². The Balaban J connectivity index is 3.02. The summed E-state index contributed by atoms with van der Waals surface area (Å²) >= 11 is 0. The second-order valence-corrected chi connectivity index (χ2v) is 8.39. The van der Waals surface area contributed by atoms with Crippen LogP contribution in [0.5, 0.6) is 0 Å². The summed E-state index contributed by atoms with van der Waals surface area (Å²) in [5.74, 6) is -0.669. The monoisotopic (exact) mass is 430 g/mol. The molecule has 0 rings (SSSR count). The first-order valence-corrected chi connectivity index (χ1v) is 12.4. The number of rotatable bonds is 24. The molecular weight excluding hydrogens is 384 g/mol. The van der Waals surface area contributed by atoms with Crippen LogP contribution in [0.1, 0.15) is 135 Å². The van der Waals surface area contributed by atoms with Crippen molar-refractivity contribution in [2.45, 2.75) is 135 Å². The van der Waals surface area contributed by atoms with Crippen LogP contribution in [-0.4, -0.2) is 28.9 Å². The standard InChI is InChI=1S/C24H46O6/c25-23(26)21-19-17-15-13-11-9-7-5-3-1-2-4-6-8-10-12-14-16-18-20-22-29-30-24(27)28/h1-22H2,(H,25,26)(H,27,28). The van der Waals surface area contributed by atoms with Crippen LogP contribution in [-0.2, 0) is 14.6 Å². The lowest BCUT2D eigenvalue weighted by Crippen LogP contribution is -2.02. The molecule has 0 amide bonds. The minimum Gasteiger partial charge on any atom is -0.481 e. The molecule has 0 unspecified atom stereocenters. The Hall–Kier alpha value is -1.30. The molecule has 0 aromatic rings. The quantitative estimate of drug-likeness (QED) is 0.0918. The maximum atomic E-state index is 10.4. The van der Waals surface area contributed by atoms with Crippen molar-refractivity contribution in [3.8, 4) is 0 Å². The Morgan fingerprint density at radius 1 is 0.467 bits per heavy atom. The highest BCUT2D eigenvalue weighted by atomic mass is 17.2. The number of aliphatic carboxylic acids is 1. The maximum absolute atomic E-state index is 10.4. The van der Waals surface area contributed by atoms with E-state index in [0.717, 1.165) is 25.7 Å². The molecule has 0 spiro atoms. The fourth-order valence-electron chi connectivity index (χ4n) is 3.71. The van der Waals surface area contributed by atoms with E-state index in [0.29, 0.717) is 13.0 Å². The van der Waals surface area contributed by atoms with Crippen molar-refractivity contribution < 1.29 is 29.6 Å². The van der Waals surface area contributed by atoms with E-state index in [4.69, 9.17) is 10.2 Å². The predicted molar refractivity (Wildman–Crippen MR) is 120 cm³/mol. The Bertz CT molecular complexity index is 350. The molecule has 0 aliphatic rings. The van der Waals surface area contributed by atoms with Gasteiger partial charge in [-0.05, 0) is 12.8 Å². The number of carbonyl (C=O) groups is 2. The van der Waals surface area contributed by atoms with Crippen LogP contribution in [0.2, 0.25) is 0 Å². The van der Waals surface area contributed by atoms with Gasteiger partial charge in [-0.3, -0.25) is 9.68 Å². The van der Waals surface area contributed by atoms with Crippen molar-refractivity contribution in [3.05, 3.63) is 0 Å². The second kappa shape index (κ2) is 24.0. The van der Waals surface area contributed by atoms with Crippen LogP contribution in [0.25, 0.3) is 0 Å². The molecule has 0 saturated carbocycles. The fraction of sp³-hybridized carbons (Fsp3) is 0.917. The van der Waals surface area contributed by atoms with E-state index in [2.05, 4.69) is 9.78 Å². The van der Waals surface area contributed by atoms with Crippen molar-refractivity contribution in [3.63, 3.8) is 0 Å². The average molecular weight is 431 g/mol. The van der Waals surface area contributed by atoms with Crippen molar-refractivity contribution in [1.29, 1.82) is 0 Å². The van der Waals surface area contributed by atoms with Gasteiger partial charge in [0.1, 0.15) is 0 Å². The van der Waals surface area contributed by atoms with E-state index in [-0.39, 0.29) is 0 Å². The summed E-state index contributed by atoms with van der Waals surface area (Å²) < 4.78 is 0. The fourth-order valence-corrected chi connectivity index (χ4v) is 3.71. The molecule has 178 valence electrons. The van der Waals surface area contributed by atoms with E-state index in [9.17, 15) is 9.59 Å². The summed E-state index contributed by atoms with van der Waals surface area (Å²) in [6.07, 6.45) is 23.8. The normalized spacial score (nSPS) is 10.9. The van der Waals surface area contributed by atoms with Gasteiger partial charge in [0.05, 0.1) is 6.61 Å². The Morgan fingerprint density at radius 3 is 1.07 bits per heavy atom. The van der Waals surface area contributed by atoms with Crippen molar-refractivity contribution in [1.82, 2.24) is 0 Å². The average Bonchev–Trinajstić information content (AvgIpc) is 2.70. The van der Waals surface area contributed by atoms with Crippen LogP contribution >= 0.6 is 0 Å². The van der Waals surface area contributed by atoms with Crippen LogP contribution < -0.4 is 0 Å². The highest BCUT2D eigenvalue weighted by molar-refractivity contribution is 5.66. The van der Waals surface area contributed by atoms with Gasteiger partial charge in [0.15, 0.2) is 0 Å². The highest BCUT2D eigenvalue weighted by Crippen LogP contribution is 2.15. The van der Waals surface area contributed by atoms with Crippen LogP contribution in [0, 0.1) is 0 Å². The molecule has 0 heterocycles. The molecule has 0 bridgehead atoms. The highest BCUT2D eigenvalue weighted by Gasteiger charge is 1.98. The number of carboxylic acid groups (broad SMARTS) is 2. The summed E-state index contributed by atoms with van der Waals surface area (Å²) in [6, 6.07) is 0. The van der Waals surface area contributed by atoms with Gasteiger partial charge in [-0.2, -0.15) is 4.89 Å². The third-order valence-electron chi connectivity index (χ3n) is 5.50. The van der Waals surface area contributed by atoms with E-state index in [1.54, 1.807) is 0 Å². The first-order valence-electron chi connectivity index (χ1n) is 12.4. The molecule has 0 aromatic carbocycles. The van der Waals surface area contributed by atoms with E-state index in [1.165, 1.54) is 103 Å². The summed E-state index contributed by atoms with van der Waals surface area (Å²) in [5.41, 5.74) is 0. The molecular formula is C24H46O6. The Labute approximate surface area is 183 Å². The molecule has 2 N–H and O–H groups in total. The molecule has 6 heteroatoms. The largest absolute Gasteiger partial charge is 0.537 e. The van der Waals surface area contributed by atoms with Gasteiger partial charge in [0, 0.05) is 6.42 Å². The van der Waals surface area contributed by atoms with E-state index >= 15 is 0 Å². The van der Waals surface area contributed by atoms with E-state index in [1.807, 2.05) is 0 Å². The van der Waals surface area contributed by atoms with Gasteiger partial charge >= 0.3 is 12.1 Å². The molecule has 0 aliphatic carbocycles. The molecule has 6 nitrogen and oxygen atoms in total. The predicted octanol–water partition coefficient (Wildman–Crippen LogP) is 7.89. The van der Waals surface area contributed by atoms with Gasteiger partial charge in [0.25, 0.3) is 0 Å². The Morgan fingerprint density at radius 2 is 0.767 bits per heavy atom. The summed E-state index contributed by atoms with van der Waals surface area (Å²) in [6.45, 7) is 0.350. The zero-order valence-corrected chi connectivity index (χ0v) is 19.1. The van der Waals surface area contributed by atoms with Gasteiger partial charge in [-0.1, -0.05) is 116 Å². The van der Waals surface area contributed by atoms with Gasteiger partial charge < -0.3 is 10.2 Å². The Kier molecular flexibility index (Phi) is 22.9. The van der Waals surface area contributed by atoms with Crippen LogP contribution in [0.4, 0.5) is 4.79 Å². The summed E-state index contributed by atoms with van der Waals surface area (Å²) in [7, 11) is 0. The zero-order chi connectivity index (χ0) is 22.1. The molecule has 30 heavy (non-hydrogen) atoms. The van der Waals surface area contributed by atoms with Gasteiger partial charge in [0.2, 0.25) is 0 Å². The number of carboxylic acids is 1. The van der Waals surface area contributed by atoms with Gasteiger partial charge in [-0.15, -0.1) is 0 Å². The summed E-state index contributed by atoms with van der Waals surface area (Å²) in [5, 5.41) is 16.8. The molecule has 0 saturated heterocycles. The molecule has 0 aromatic heterocycles. The molecule has 0 fully saturated rings. The lowest BCUT2D eigenvalue weighted by atomic mass is 10.0. The number of unbranched alkanes of at least 4 members (excludes halogenated alkanes) is 19. The first-order chi connectivity index (χ1) is 14.6. The number of hydrogen-bond donors (Lipinski definition) is 2. The van der Waals surface area contributed by atoms with Crippen molar-refractivity contribution >= 4 is 12.1 Å². The smallest absolute Gasteiger partial charge is 0.481 e. The number of hydrogen-bond acceptors (Lipinski definition) is 4. The topological polar surface area (TPSA) is 93.1 Å². The zero-order valence-electron chi connectivity index (χ0n) is 19.1. The molecule has 0 radical (unpaired) electrons. The van der Waals surface area contributed by atoms with Crippen molar-refractivity contribution in [2.75, 3.05) is 6.61 Å². The first kappa shape index (κ1) is 28.7. The minimum atomic E-state index is -1.38. The third-order valence-corrected chi connectivity index (χ3v) is 5.50. The van der Waals surface area contributed by atoms with Gasteiger partial charge in [-0.25, -0.2) is 4.79 Å². The summed E-state index contributed by atoms with van der Waals surface area (Å²) in [4.78, 5) is 29.0. The molecule has 0 aliphatic heterocycles. The lowest BCUT2D eigenvalue weighted by molar-refractivity contribution is -0.251. The minimum absolute atomic E-state index is 0.325. The SMILES string of the molecule is O=C(O)CCCCCCCCCCCCCCCCCCCCCCOOC(=O)O. The van der Waals surface area contributed by atoms with Crippen LogP contribution in [0.15, 0.2) is 0 Å². The second-order valence-electron chi connectivity index (χ2n) is 8.39. The third kappa shape index (κ3) is 26.7. The molecule has 0 atom stereocenters. The lowest BCUT2D eigenvalue weighted by Gasteiger charge is -2.04.